The molecule has 0 unspecified atom stereocenters. The normalized spacial score (nSPS) is 10.7. The van der Waals surface area contributed by atoms with E-state index in [1.165, 1.54) is 23.5 Å². The van der Waals surface area contributed by atoms with Crippen LogP contribution >= 0.6 is 22.9 Å². The maximum Gasteiger partial charge on any atom is 0.127 e. The molecular weight excluding hydrogens is 283 g/mol. The van der Waals surface area contributed by atoms with Crippen LogP contribution in [-0.4, -0.2) is 11.9 Å². The first-order valence-electron chi connectivity index (χ1n) is 5.70. The number of thiophene rings is 1. The van der Waals surface area contributed by atoms with Crippen LogP contribution in [0.1, 0.15) is 16.0 Å². The van der Waals surface area contributed by atoms with E-state index in [1.54, 1.807) is 6.07 Å². The molecule has 0 atom stereocenters. The fourth-order valence-electron chi connectivity index (χ4n) is 1.81. The zero-order valence-electron chi connectivity index (χ0n) is 10.4. The number of nitriles is 1. The van der Waals surface area contributed by atoms with Gasteiger partial charge in [-0.3, -0.25) is 4.90 Å². The van der Waals surface area contributed by atoms with Crippen molar-refractivity contribution in [1.82, 2.24) is 4.90 Å². The first-order valence-corrected chi connectivity index (χ1v) is 6.89. The van der Waals surface area contributed by atoms with Crippen LogP contribution in [-0.2, 0) is 13.1 Å². The predicted octanol–water partition coefficient (Wildman–Crippen LogP) is 4.04. The van der Waals surface area contributed by atoms with Gasteiger partial charge in [-0.15, -0.1) is 11.3 Å². The lowest BCUT2D eigenvalue weighted by molar-refractivity contribution is 0.316. The zero-order valence-corrected chi connectivity index (χ0v) is 11.9. The van der Waals surface area contributed by atoms with E-state index >= 15 is 0 Å². The summed E-state index contributed by atoms with van der Waals surface area (Å²) in [5.74, 6) is -0.282. The SMILES string of the molecule is CN(Cc1ccc(Cl)s1)Cc1cc(C#N)ccc1F. The summed E-state index contributed by atoms with van der Waals surface area (Å²) in [5.41, 5.74) is 1.01. The highest BCUT2D eigenvalue weighted by Crippen LogP contribution is 2.23. The first kappa shape index (κ1) is 14.0. The molecule has 19 heavy (non-hydrogen) atoms. The van der Waals surface area contributed by atoms with Gasteiger partial charge in [0, 0.05) is 23.5 Å². The van der Waals surface area contributed by atoms with Crippen molar-refractivity contribution in [2.45, 2.75) is 13.1 Å². The molecule has 0 N–H and O–H groups in total. The Morgan fingerprint density at radius 1 is 1.32 bits per heavy atom. The quantitative estimate of drug-likeness (QED) is 0.851. The second-order valence-corrected chi connectivity index (χ2v) is 6.10. The fraction of sp³-hybridized carbons (Fsp3) is 0.214. The Hall–Kier alpha value is -1.41. The molecule has 0 aliphatic carbocycles. The van der Waals surface area contributed by atoms with Gasteiger partial charge in [-0.2, -0.15) is 5.26 Å². The number of benzene rings is 1. The summed E-state index contributed by atoms with van der Waals surface area (Å²) in [6.45, 7) is 1.16. The molecule has 0 fully saturated rings. The molecule has 1 heterocycles. The Labute approximate surface area is 120 Å². The highest BCUT2D eigenvalue weighted by molar-refractivity contribution is 7.16. The summed E-state index contributed by atoms with van der Waals surface area (Å²) in [6.07, 6.45) is 0. The third kappa shape index (κ3) is 3.77. The minimum Gasteiger partial charge on any atom is -0.297 e. The van der Waals surface area contributed by atoms with Crippen LogP contribution in [0.15, 0.2) is 30.3 Å². The van der Waals surface area contributed by atoms with Crippen LogP contribution in [0, 0.1) is 17.1 Å². The highest BCUT2D eigenvalue weighted by Gasteiger charge is 2.08. The van der Waals surface area contributed by atoms with Crippen molar-refractivity contribution in [3.63, 3.8) is 0 Å². The van der Waals surface area contributed by atoms with Crippen LogP contribution in [0.25, 0.3) is 0 Å². The van der Waals surface area contributed by atoms with Crippen molar-refractivity contribution in [2.24, 2.45) is 0 Å². The van der Waals surface area contributed by atoms with E-state index in [2.05, 4.69) is 0 Å². The monoisotopic (exact) mass is 294 g/mol. The topological polar surface area (TPSA) is 27.0 Å². The van der Waals surface area contributed by atoms with Gasteiger partial charge < -0.3 is 0 Å². The highest BCUT2D eigenvalue weighted by atomic mass is 35.5. The Kier molecular flexibility index (Phi) is 4.54. The van der Waals surface area contributed by atoms with Crippen molar-refractivity contribution in [1.29, 1.82) is 5.26 Å². The molecule has 2 nitrogen and oxygen atoms in total. The predicted molar refractivity (Wildman–Crippen MR) is 75.6 cm³/mol. The minimum atomic E-state index is -0.282. The van der Waals surface area contributed by atoms with Gasteiger partial charge in [0.2, 0.25) is 0 Å². The molecule has 98 valence electrons. The molecule has 0 saturated heterocycles. The van der Waals surface area contributed by atoms with Crippen molar-refractivity contribution >= 4 is 22.9 Å². The van der Waals surface area contributed by atoms with Crippen LogP contribution in [0.2, 0.25) is 4.34 Å². The maximum atomic E-state index is 13.7. The Morgan fingerprint density at radius 2 is 2.11 bits per heavy atom. The molecule has 0 radical (unpaired) electrons. The summed E-state index contributed by atoms with van der Waals surface area (Å²) in [7, 11) is 1.91. The van der Waals surface area contributed by atoms with Gasteiger partial charge in [-0.1, -0.05) is 11.6 Å². The Balaban J connectivity index is 2.06. The van der Waals surface area contributed by atoms with Gasteiger partial charge in [0.25, 0.3) is 0 Å². The van der Waals surface area contributed by atoms with Crippen LogP contribution in [0.3, 0.4) is 0 Å². The lowest BCUT2D eigenvalue weighted by atomic mass is 10.1. The summed E-state index contributed by atoms with van der Waals surface area (Å²) in [5, 5.41) is 8.83. The second kappa shape index (κ2) is 6.16. The van der Waals surface area contributed by atoms with E-state index in [-0.39, 0.29) is 5.82 Å². The van der Waals surface area contributed by atoms with Gasteiger partial charge in [0.1, 0.15) is 5.82 Å². The van der Waals surface area contributed by atoms with Crippen LogP contribution < -0.4 is 0 Å². The summed E-state index contributed by atoms with van der Waals surface area (Å²) >= 11 is 7.39. The molecule has 0 aliphatic heterocycles. The molecule has 0 bridgehead atoms. The number of halogens is 2. The molecule has 0 spiro atoms. The summed E-state index contributed by atoms with van der Waals surface area (Å²) in [4.78, 5) is 3.12. The van der Waals surface area contributed by atoms with E-state index in [4.69, 9.17) is 16.9 Å². The molecule has 0 aliphatic rings. The van der Waals surface area contributed by atoms with Gasteiger partial charge >= 0.3 is 0 Å². The Morgan fingerprint density at radius 3 is 2.74 bits per heavy atom. The lowest BCUT2D eigenvalue weighted by Gasteiger charge is -2.16. The van der Waals surface area contributed by atoms with Gasteiger partial charge in [-0.25, -0.2) is 4.39 Å². The smallest absolute Gasteiger partial charge is 0.127 e. The molecule has 0 amide bonds. The molecule has 1 aromatic carbocycles. The average Bonchev–Trinajstić information content (AvgIpc) is 2.77. The largest absolute Gasteiger partial charge is 0.297 e. The molecule has 1 aromatic heterocycles. The minimum absolute atomic E-state index is 0.282. The van der Waals surface area contributed by atoms with Crippen LogP contribution in [0.4, 0.5) is 4.39 Å². The first-order chi connectivity index (χ1) is 9.08. The third-order valence-electron chi connectivity index (χ3n) is 2.67. The third-order valence-corrected chi connectivity index (χ3v) is 3.89. The molecule has 0 saturated carbocycles. The van der Waals surface area contributed by atoms with Crippen molar-refractivity contribution in [2.75, 3.05) is 7.05 Å². The molecule has 5 heteroatoms. The fourth-order valence-corrected chi connectivity index (χ4v) is 2.98. The number of nitrogens with zero attached hydrogens (tertiary/aromatic N) is 2. The van der Waals surface area contributed by atoms with E-state index in [0.29, 0.717) is 24.2 Å². The van der Waals surface area contributed by atoms with Crippen molar-refractivity contribution < 1.29 is 4.39 Å². The lowest BCUT2D eigenvalue weighted by Crippen LogP contribution is -2.17. The molecule has 2 rings (SSSR count). The molecule has 2 aromatic rings. The van der Waals surface area contributed by atoms with Crippen molar-refractivity contribution in [3.05, 3.63) is 56.5 Å². The van der Waals surface area contributed by atoms with Gasteiger partial charge in [0.15, 0.2) is 0 Å². The second-order valence-electron chi connectivity index (χ2n) is 4.30. The van der Waals surface area contributed by atoms with E-state index in [0.717, 1.165) is 9.21 Å². The zero-order chi connectivity index (χ0) is 13.8. The van der Waals surface area contributed by atoms with E-state index in [9.17, 15) is 4.39 Å². The Bertz CT molecular complexity index is 618. The number of hydrogen-bond acceptors (Lipinski definition) is 3. The number of rotatable bonds is 4. The number of hydrogen-bond donors (Lipinski definition) is 0. The van der Waals surface area contributed by atoms with Crippen molar-refractivity contribution in [3.8, 4) is 6.07 Å². The van der Waals surface area contributed by atoms with E-state index in [1.807, 2.05) is 30.1 Å². The van der Waals surface area contributed by atoms with E-state index < -0.39 is 0 Å². The average molecular weight is 295 g/mol. The molecular formula is C14H12ClFN2S. The summed E-state index contributed by atoms with van der Waals surface area (Å²) < 4.78 is 14.4. The maximum absolute atomic E-state index is 13.7. The standard InChI is InChI=1S/C14H12ClFN2S/c1-18(9-12-3-5-14(15)19-12)8-11-6-10(7-17)2-4-13(11)16/h2-6H,8-9H2,1H3. The van der Waals surface area contributed by atoms with Gasteiger partial charge in [-0.05, 0) is 37.4 Å². The van der Waals surface area contributed by atoms with Crippen LogP contribution in [0.5, 0.6) is 0 Å². The van der Waals surface area contributed by atoms with Gasteiger partial charge in [0.05, 0.1) is 16.0 Å². The summed E-state index contributed by atoms with van der Waals surface area (Å²) in [6, 6.07) is 10.2.